The zero-order chi connectivity index (χ0) is 18.1. The Morgan fingerprint density at radius 1 is 1.24 bits per heavy atom. The maximum Gasteiger partial charge on any atom is 0.317 e. The first-order valence-electron chi connectivity index (χ1n) is 9.46. The lowest BCUT2D eigenvalue weighted by Gasteiger charge is -2.34. The van der Waals surface area contributed by atoms with Crippen LogP contribution in [0.3, 0.4) is 0 Å². The first-order chi connectivity index (χ1) is 12.1. The number of ether oxygens (including phenoxy) is 1. The minimum atomic E-state index is 0.0941. The fraction of sp³-hybridized carbons (Fsp3) is 0.650. The third kappa shape index (κ3) is 6.94. The molecule has 0 unspecified atom stereocenters. The molecule has 1 fully saturated rings. The molecule has 2 rings (SSSR count). The number of aryl methyl sites for hydroxylation is 1. The average molecular weight is 348 g/mol. The molecule has 1 heterocycles. The van der Waals surface area contributed by atoms with Crippen LogP contribution in [0.1, 0.15) is 32.3 Å². The van der Waals surface area contributed by atoms with E-state index in [9.17, 15) is 4.79 Å². The van der Waals surface area contributed by atoms with Crippen LogP contribution in [0.4, 0.5) is 4.79 Å². The smallest absolute Gasteiger partial charge is 0.317 e. The Morgan fingerprint density at radius 2 is 2.00 bits per heavy atom. The van der Waals surface area contributed by atoms with Gasteiger partial charge < -0.3 is 15.0 Å². The maximum absolute atomic E-state index is 12.1. The fourth-order valence-corrected chi connectivity index (χ4v) is 3.09. The van der Waals surface area contributed by atoms with E-state index < -0.39 is 0 Å². The van der Waals surface area contributed by atoms with Crippen LogP contribution in [0.2, 0.25) is 0 Å². The second kappa shape index (κ2) is 10.3. The topological polar surface area (TPSA) is 44.8 Å². The standard InChI is InChI=1S/C20H33N3O2/c1-17(2)9-10-21-20(24)23-14-12-22(13-15-23)11-5-7-18-6-4-8-19(16-18)25-3/h4,6,8,16-17H,5,7,9-15H2,1-3H3,(H,21,24). The van der Waals surface area contributed by atoms with Gasteiger partial charge in [-0.15, -0.1) is 0 Å². The molecule has 0 saturated carbocycles. The Labute approximate surface area is 152 Å². The first-order valence-corrected chi connectivity index (χ1v) is 9.46. The van der Waals surface area contributed by atoms with Gasteiger partial charge >= 0.3 is 6.03 Å². The number of amides is 2. The highest BCUT2D eigenvalue weighted by atomic mass is 16.5. The van der Waals surface area contributed by atoms with Crippen molar-refractivity contribution < 1.29 is 9.53 Å². The van der Waals surface area contributed by atoms with Gasteiger partial charge in [0.1, 0.15) is 5.75 Å². The molecule has 0 bridgehead atoms. The predicted octanol–water partition coefficient (Wildman–Crippen LogP) is 3.00. The molecule has 0 atom stereocenters. The van der Waals surface area contributed by atoms with Crippen molar-refractivity contribution >= 4 is 6.03 Å². The molecular weight excluding hydrogens is 314 g/mol. The minimum Gasteiger partial charge on any atom is -0.497 e. The van der Waals surface area contributed by atoms with Gasteiger partial charge in [-0.2, -0.15) is 0 Å². The summed E-state index contributed by atoms with van der Waals surface area (Å²) in [7, 11) is 1.71. The summed E-state index contributed by atoms with van der Waals surface area (Å²) >= 11 is 0. The van der Waals surface area contributed by atoms with Crippen molar-refractivity contribution in [3.63, 3.8) is 0 Å². The third-order valence-electron chi connectivity index (χ3n) is 4.73. The molecule has 2 amide bonds. The molecule has 140 valence electrons. The Kier molecular flexibility index (Phi) is 8.06. The number of carbonyl (C=O) groups excluding carboxylic acids is 1. The van der Waals surface area contributed by atoms with Crippen molar-refractivity contribution in [3.05, 3.63) is 29.8 Å². The quantitative estimate of drug-likeness (QED) is 0.786. The van der Waals surface area contributed by atoms with E-state index in [4.69, 9.17) is 4.74 Å². The molecule has 0 radical (unpaired) electrons. The van der Waals surface area contributed by atoms with Gasteiger partial charge in [0, 0.05) is 32.7 Å². The SMILES string of the molecule is COc1cccc(CCCN2CCN(C(=O)NCCC(C)C)CC2)c1. The number of benzene rings is 1. The second-order valence-electron chi connectivity index (χ2n) is 7.20. The molecule has 1 aromatic rings. The number of nitrogens with one attached hydrogen (secondary N) is 1. The number of piperazine rings is 1. The Balaban J connectivity index is 1.62. The lowest BCUT2D eigenvalue weighted by Crippen LogP contribution is -2.52. The van der Waals surface area contributed by atoms with E-state index in [0.29, 0.717) is 5.92 Å². The van der Waals surface area contributed by atoms with Crippen LogP contribution >= 0.6 is 0 Å². The highest BCUT2D eigenvalue weighted by Crippen LogP contribution is 2.14. The molecule has 5 heteroatoms. The van der Waals surface area contributed by atoms with Crippen LogP contribution in [-0.2, 0) is 6.42 Å². The highest BCUT2D eigenvalue weighted by molar-refractivity contribution is 5.74. The van der Waals surface area contributed by atoms with Gasteiger partial charge in [-0.05, 0) is 49.4 Å². The number of methoxy groups -OCH3 is 1. The van der Waals surface area contributed by atoms with E-state index in [-0.39, 0.29) is 6.03 Å². The molecule has 0 aliphatic carbocycles. The summed E-state index contributed by atoms with van der Waals surface area (Å²) in [6.07, 6.45) is 3.23. The normalized spacial score (nSPS) is 15.4. The van der Waals surface area contributed by atoms with Crippen molar-refractivity contribution in [2.45, 2.75) is 33.1 Å². The molecule has 25 heavy (non-hydrogen) atoms. The number of nitrogens with zero attached hydrogens (tertiary/aromatic N) is 2. The number of hydrogen-bond acceptors (Lipinski definition) is 3. The number of urea groups is 1. The summed E-state index contributed by atoms with van der Waals surface area (Å²) in [6, 6.07) is 8.39. The Bertz CT molecular complexity index is 525. The van der Waals surface area contributed by atoms with Crippen molar-refractivity contribution in [2.75, 3.05) is 46.4 Å². The monoisotopic (exact) mass is 347 g/mol. The largest absolute Gasteiger partial charge is 0.497 e. The molecular formula is C20H33N3O2. The van der Waals surface area contributed by atoms with E-state index in [2.05, 4.69) is 36.2 Å². The molecule has 1 saturated heterocycles. The minimum absolute atomic E-state index is 0.0941. The highest BCUT2D eigenvalue weighted by Gasteiger charge is 2.20. The molecule has 0 spiro atoms. The summed E-state index contributed by atoms with van der Waals surface area (Å²) in [5, 5.41) is 3.03. The molecule has 5 nitrogen and oxygen atoms in total. The molecule has 1 aromatic carbocycles. The van der Waals surface area contributed by atoms with Crippen LogP contribution in [0.5, 0.6) is 5.75 Å². The van der Waals surface area contributed by atoms with Gasteiger partial charge in [-0.25, -0.2) is 4.79 Å². The maximum atomic E-state index is 12.1. The van der Waals surface area contributed by atoms with Crippen LogP contribution in [-0.4, -0.2) is 62.2 Å². The van der Waals surface area contributed by atoms with Gasteiger partial charge in [0.2, 0.25) is 0 Å². The van der Waals surface area contributed by atoms with Crippen molar-refractivity contribution in [1.29, 1.82) is 0 Å². The predicted molar refractivity (Wildman–Crippen MR) is 102 cm³/mol. The Hall–Kier alpha value is -1.75. The zero-order valence-corrected chi connectivity index (χ0v) is 16.0. The summed E-state index contributed by atoms with van der Waals surface area (Å²) in [4.78, 5) is 16.5. The van der Waals surface area contributed by atoms with Crippen molar-refractivity contribution in [1.82, 2.24) is 15.1 Å². The van der Waals surface area contributed by atoms with Crippen molar-refractivity contribution in [3.8, 4) is 5.75 Å². The van der Waals surface area contributed by atoms with Crippen molar-refractivity contribution in [2.24, 2.45) is 5.92 Å². The third-order valence-corrected chi connectivity index (χ3v) is 4.73. The molecule has 1 aliphatic heterocycles. The lowest BCUT2D eigenvalue weighted by atomic mass is 10.1. The number of carbonyl (C=O) groups is 1. The summed E-state index contributed by atoms with van der Waals surface area (Å²) in [5.74, 6) is 1.55. The van der Waals surface area contributed by atoms with Crippen LogP contribution in [0.15, 0.2) is 24.3 Å². The average Bonchev–Trinajstić information content (AvgIpc) is 2.62. The zero-order valence-electron chi connectivity index (χ0n) is 16.0. The second-order valence-corrected chi connectivity index (χ2v) is 7.20. The van der Waals surface area contributed by atoms with Gasteiger partial charge in [0.15, 0.2) is 0 Å². The fourth-order valence-electron chi connectivity index (χ4n) is 3.09. The molecule has 0 aromatic heterocycles. The number of rotatable bonds is 8. The summed E-state index contributed by atoms with van der Waals surface area (Å²) in [6.45, 7) is 9.80. The van der Waals surface area contributed by atoms with E-state index in [1.807, 2.05) is 17.0 Å². The van der Waals surface area contributed by atoms with Crippen LogP contribution in [0.25, 0.3) is 0 Å². The van der Waals surface area contributed by atoms with Crippen LogP contribution < -0.4 is 10.1 Å². The van der Waals surface area contributed by atoms with Gasteiger partial charge in [0.25, 0.3) is 0 Å². The van der Waals surface area contributed by atoms with Gasteiger partial charge in [0.05, 0.1) is 7.11 Å². The van der Waals surface area contributed by atoms with E-state index >= 15 is 0 Å². The van der Waals surface area contributed by atoms with Crippen LogP contribution in [0, 0.1) is 5.92 Å². The van der Waals surface area contributed by atoms with Gasteiger partial charge in [-0.3, -0.25) is 4.90 Å². The summed E-state index contributed by atoms with van der Waals surface area (Å²) < 4.78 is 5.27. The number of hydrogen-bond donors (Lipinski definition) is 1. The van der Waals surface area contributed by atoms with Gasteiger partial charge in [-0.1, -0.05) is 26.0 Å². The Morgan fingerprint density at radius 3 is 2.68 bits per heavy atom. The lowest BCUT2D eigenvalue weighted by molar-refractivity contribution is 0.138. The summed E-state index contributed by atoms with van der Waals surface area (Å²) in [5.41, 5.74) is 1.32. The molecule has 1 N–H and O–H groups in total. The molecule has 1 aliphatic rings. The van der Waals surface area contributed by atoms with E-state index in [1.54, 1.807) is 7.11 Å². The van der Waals surface area contributed by atoms with E-state index in [0.717, 1.165) is 64.3 Å². The first kappa shape index (κ1) is 19.6. The van der Waals surface area contributed by atoms with E-state index in [1.165, 1.54) is 5.56 Å².